The first-order valence-electron chi connectivity index (χ1n) is 13.3. The third kappa shape index (κ3) is 4.71. The number of benzene rings is 1. The van der Waals surface area contributed by atoms with Crippen LogP contribution < -0.4 is 0 Å². The molecule has 0 spiro atoms. The molecule has 1 aromatic carbocycles. The van der Waals surface area contributed by atoms with Crippen molar-refractivity contribution in [2.75, 3.05) is 0 Å². The van der Waals surface area contributed by atoms with Crippen LogP contribution in [0, 0.1) is 22.2 Å². The molecule has 2 aliphatic rings. The van der Waals surface area contributed by atoms with Gasteiger partial charge in [-0.15, -0.1) is 0 Å². The van der Waals surface area contributed by atoms with Gasteiger partial charge in [0.25, 0.3) is 0 Å². The molecule has 2 fully saturated rings. The van der Waals surface area contributed by atoms with E-state index in [9.17, 15) is 19.5 Å². The molecule has 4 heteroatoms. The van der Waals surface area contributed by atoms with E-state index in [-0.39, 0.29) is 35.9 Å². The molecule has 0 amide bonds. The average molecular weight is 503 g/mol. The summed E-state index contributed by atoms with van der Waals surface area (Å²) in [6, 6.07) is 8.70. The van der Waals surface area contributed by atoms with Gasteiger partial charge in [-0.25, -0.2) is 0 Å². The fraction of sp³-hybridized carbons (Fsp3) is 0.485. The van der Waals surface area contributed by atoms with Crippen LogP contribution >= 0.6 is 0 Å². The maximum Gasteiger partial charge on any atom is 0.184 e. The Kier molecular flexibility index (Phi) is 8.02. The quantitative estimate of drug-likeness (QED) is 0.136. The standard InChI is InChI=1S/C33H42O4/c1-21(2)14-15-25-20-32(18-16-22(3)4)28(35)26(27(34)24-12-10-9-11-13-24)29(36)33(30(32)37,31(25,7)8)19-17-23(5)6/h9-14,16-17,25,34H,15,18-20H2,1-8H3/b27-26+/t25-,32+,33-/m0/s1. The Morgan fingerprint density at radius 2 is 1.38 bits per heavy atom. The Hall–Kier alpha value is -3.01. The number of aliphatic hydroxyl groups is 1. The van der Waals surface area contributed by atoms with Gasteiger partial charge in [0.2, 0.25) is 0 Å². The maximum absolute atomic E-state index is 14.7. The molecule has 0 saturated heterocycles. The fourth-order valence-corrected chi connectivity index (χ4v) is 6.13. The number of rotatable bonds is 7. The molecule has 0 radical (unpaired) electrons. The molecule has 0 heterocycles. The van der Waals surface area contributed by atoms with E-state index in [4.69, 9.17) is 0 Å². The molecule has 1 N–H and O–H groups in total. The van der Waals surface area contributed by atoms with E-state index in [1.54, 1.807) is 24.3 Å². The zero-order valence-corrected chi connectivity index (χ0v) is 23.7. The average Bonchev–Trinajstić information content (AvgIpc) is 2.82. The Bertz CT molecular complexity index is 1210. The number of carbonyl (C=O) groups excluding carboxylic acids is 3. The van der Waals surface area contributed by atoms with Gasteiger partial charge in [-0.1, -0.05) is 79.1 Å². The Balaban J connectivity index is 2.43. The van der Waals surface area contributed by atoms with Crippen molar-refractivity contribution in [1.82, 2.24) is 0 Å². The van der Waals surface area contributed by atoms with Gasteiger partial charge in [-0.2, -0.15) is 0 Å². The lowest BCUT2D eigenvalue weighted by Gasteiger charge is -2.60. The van der Waals surface area contributed by atoms with E-state index in [2.05, 4.69) is 6.08 Å². The van der Waals surface area contributed by atoms with Crippen LogP contribution in [0.1, 0.15) is 86.6 Å². The van der Waals surface area contributed by atoms with Crippen molar-refractivity contribution in [3.05, 3.63) is 76.4 Å². The fourth-order valence-electron chi connectivity index (χ4n) is 6.13. The minimum absolute atomic E-state index is 0.0652. The number of hydrogen-bond acceptors (Lipinski definition) is 4. The molecule has 198 valence electrons. The highest BCUT2D eigenvalue weighted by Gasteiger charge is 2.73. The summed E-state index contributed by atoms with van der Waals surface area (Å²) in [5, 5.41) is 11.4. The summed E-state index contributed by atoms with van der Waals surface area (Å²) in [7, 11) is 0. The van der Waals surface area contributed by atoms with Crippen LogP contribution in [0.4, 0.5) is 0 Å². The Labute approximate surface area is 222 Å². The van der Waals surface area contributed by atoms with E-state index in [1.807, 2.05) is 73.6 Å². The predicted octanol–water partition coefficient (Wildman–Crippen LogP) is 7.76. The minimum atomic E-state index is -1.45. The van der Waals surface area contributed by atoms with E-state index >= 15 is 0 Å². The van der Waals surface area contributed by atoms with Crippen LogP contribution in [-0.2, 0) is 14.4 Å². The van der Waals surface area contributed by atoms with Crippen molar-refractivity contribution in [2.24, 2.45) is 22.2 Å². The molecular formula is C33H42O4. The lowest BCUT2D eigenvalue weighted by Crippen LogP contribution is -2.69. The molecule has 4 nitrogen and oxygen atoms in total. The predicted molar refractivity (Wildman–Crippen MR) is 150 cm³/mol. The highest BCUT2D eigenvalue weighted by Crippen LogP contribution is 2.65. The van der Waals surface area contributed by atoms with Gasteiger partial charge >= 0.3 is 0 Å². The highest BCUT2D eigenvalue weighted by atomic mass is 16.3. The van der Waals surface area contributed by atoms with Crippen LogP contribution in [-0.4, -0.2) is 22.5 Å². The van der Waals surface area contributed by atoms with Crippen molar-refractivity contribution in [1.29, 1.82) is 0 Å². The van der Waals surface area contributed by atoms with Gasteiger partial charge in [-0.3, -0.25) is 14.4 Å². The van der Waals surface area contributed by atoms with Crippen LogP contribution in [0.15, 0.2) is 70.9 Å². The molecule has 3 atom stereocenters. The maximum atomic E-state index is 14.7. The smallest absolute Gasteiger partial charge is 0.184 e. The summed E-state index contributed by atoms with van der Waals surface area (Å²) < 4.78 is 0. The number of ketones is 3. The summed E-state index contributed by atoms with van der Waals surface area (Å²) in [6.07, 6.45) is 7.49. The topological polar surface area (TPSA) is 71.4 Å². The SMILES string of the molecule is CC(C)=CC[C@H]1C[C@]2(CC=C(C)C)C(=O)/C(=C(\O)c3ccccc3)C(=O)[C@@](CC=C(C)C)(C2=O)C1(C)C. The summed E-state index contributed by atoms with van der Waals surface area (Å²) in [5.41, 5.74) is -0.236. The molecule has 0 aliphatic heterocycles. The van der Waals surface area contributed by atoms with E-state index in [0.29, 0.717) is 18.4 Å². The van der Waals surface area contributed by atoms with E-state index < -0.39 is 27.8 Å². The summed E-state index contributed by atoms with van der Waals surface area (Å²) in [5.74, 6) is -1.75. The summed E-state index contributed by atoms with van der Waals surface area (Å²) in [6.45, 7) is 15.9. The lowest BCUT2D eigenvalue weighted by molar-refractivity contribution is -0.176. The largest absolute Gasteiger partial charge is 0.506 e. The van der Waals surface area contributed by atoms with Gasteiger partial charge in [-0.05, 0) is 78.6 Å². The third-order valence-corrected chi connectivity index (χ3v) is 8.58. The van der Waals surface area contributed by atoms with Crippen molar-refractivity contribution < 1.29 is 19.5 Å². The van der Waals surface area contributed by atoms with Crippen molar-refractivity contribution >= 4 is 23.1 Å². The normalized spacial score (nSPS) is 27.9. The van der Waals surface area contributed by atoms with Crippen LogP contribution in [0.25, 0.3) is 5.76 Å². The first-order valence-corrected chi connectivity index (χ1v) is 13.3. The zero-order valence-electron chi connectivity index (χ0n) is 23.7. The lowest BCUT2D eigenvalue weighted by atomic mass is 9.38. The number of carbonyl (C=O) groups is 3. The summed E-state index contributed by atoms with van der Waals surface area (Å²) in [4.78, 5) is 43.6. The Morgan fingerprint density at radius 3 is 1.92 bits per heavy atom. The van der Waals surface area contributed by atoms with Crippen molar-refractivity contribution in [3.8, 4) is 0 Å². The molecule has 2 aliphatic carbocycles. The number of fused-ring (bicyclic) bond motifs is 2. The second-order valence-electron chi connectivity index (χ2n) is 12.2. The number of Topliss-reactive ketones (excluding diaryl/α,β-unsaturated/α-hetero) is 3. The second kappa shape index (κ2) is 10.4. The van der Waals surface area contributed by atoms with Gasteiger partial charge in [0.15, 0.2) is 17.3 Å². The highest BCUT2D eigenvalue weighted by molar-refractivity contribution is 6.41. The third-order valence-electron chi connectivity index (χ3n) is 8.58. The van der Waals surface area contributed by atoms with Crippen LogP contribution in [0.3, 0.4) is 0 Å². The molecule has 2 saturated carbocycles. The van der Waals surface area contributed by atoms with Crippen LogP contribution in [0.5, 0.6) is 0 Å². The molecule has 37 heavy (non-hydrogen) atoms. The monoisotopic (exact) mass is 502 g/mol. The second-order valence-corrected chi connectivity index (χ2v) is 12.2. The minimum Gasteiger partial charge on any atom is -0.506 e. The van der Waals surface area contributed by atoms with Gasteiger partial charge < -0.3 is 5.11 Å². The molecule has 2 bridgehead atoms. The first-order chi connectivity index (χ1) is 17.2. The van der Waals surface area contributed by atoms with Gasteiger partial charge in [0.05, 0.1) is 5.41 Å². The molecule has 0 unspecified atom stereocenters. The van der Waals surface area contributed by atoms with Gasteiger partial charge in [0.1, 0.15) is 16.7 Å². The first kappa shape index (κ1) is 28.6. The molecule has 3 rings (SSSR count). The molecular weight excluding hydrogens is 460 g/mol. The number of allylic oxidation sites excluding steroid dienone is 7. The number of hydrogen-bond donors (Lipinski definition) is 1. The summed E-state index contributed by atoms with van der Waals surface area (Å²) >= 11 is 0. The van der Waals surface area contributed by atoms with Crippen molar-refractivity contribution in [3.63, 3.8) is 0 Å². The number of aliphatic hydroxyl groups excluding tert-OH is 1. The van der Waals surface area contributed by atoms with E-state index in [1.165, 1.54) is 0 Å². The van der Waals surface area contributed by atoms with Gasteiger partial charge in [0, 0.05) is 5.56 Å². The Morgan fingerprint density at radius 1 is 0.838 bits per heavy atom. The van der Waals surface area contributed by atoms with Crippen molar-refractivity contribution in [2.45, 2.75) is 81.1 Å². The van der Waals surface area contributed by atoms with E-state index in [0.717, 1.165) is 16.7 Å². The molecule has 1 aromatic rings. The van der Waals surface area contributed by atoms with Crippen LogP contribution in [0.2, 0.25) is 0 Å². The zero-order chi connectivity index (χ0) is 27.8. The molecule has 0 aromatic heterocycles.